The predicted octanol–water partition coefficient (Wildman–Crippen LogP) is 3.93. The van der Waals surface area contributed by atoms with Crippen LogP contribution in [0.1, 0.15) is 31.8 Å². The maximum absolute atomic E-state index is 12.7. The fourth-order valence-corrected chi connectivity index (χ4v) is 3.94. The second-order valence-electron chi connectivity index (χ2n) is 6.87. The van der Waals surface area contributed by atoms with Crippen LogP contribution in [0.25, 0.3) is 0 Å². The quantitative estimate of drug-likeness (QED) is 0.381. The first-order chi connectivity index (χ1) is 15.5. The summed E-state index contributed by atoms with van der Waals surface area (Å²) in [6.45, 7) is 0.956. The van der Waals surface area contributed by atoms with Crippen molar-refractivity contribution in [2.75, 3.05) is 5.32 Å². The third-order valence-electron chi connectivity index (χ3n) is 4.63. The fraction of sp³-hybridized carbons (Fsp3) is 0.0909. The molecule has 4 aromatic rings. The van der Waals surface area contributed by atoms with Crippen molar-refractivity contribution in [3.63, 3.8) is 0 Å². The van der Waals surface area contributed by atoms with Gasteiger partial charge in [-0.1, -0.05) is 35.9 Å². The normalized spacial score (nSPS) is 10.7. The number of amides is 2. The van der Waals surface area contributed by atoms with Gasteiger partial charge in [-0.25, -0.2) is 9.67 Å². The Labute approximate surface area is 192 Å². The second kappa shape index (κ2) is 9.63. The number of rotatable bonds is 7. The van der Waals surface area contributed by atoms with Crippen molar-refractivity contribution in [2.24, 2.45) is 0 Å². The van der Waals surface area contributed by atoms with E-state index < -0.39 is 5.91 Å². The minimum Gasteiger partial charge on any atom is -0.507 e. The molecule has 0 unspecified atom stereocenters. The Bertz CT molecular complexity index is 1240. The van der Waals surface area contributed by atoms with Gasteiger partial charge in [-0.15, -0.1) is 11.3 Å². The number of aromatic nitrogens is 3. The van der Waals surface area contributed by atoms with Crippen LogP contribution in [0.3, 0.4) is 0 Å². The monoisotopic (exact) mass is 467 g/mol. The molecule has 0 bridgehead atoms. The summed E-state index contributed by atoms with van der Waals surface area (Å²) in [5.74, 6) is -1.07. The molecule has 0 aliphatic heterocycles. The summed E-state index contributed by atoms with van der Waals surface area (Å²) in [6, 6.07) is 13.7. The Kier molecular flexibility index (Phi) is 6.48. The molecule has 2 amide bonds. The first kappa shape index (κ1) is 21.5. The standard InChI is InChI=1S/C22H18ClN5O3S/c23-16-5-6-17(19(29)9-16)21(31)27-22-18(7-8-32-22)20(30)25-10-14-1-3-15(4-2-14)11-28-13-24-12-26-28/h1-9,12-13,29H,10-11H2,(H,25,30)(H,27,31). The van der Waals surface area contributed by atoms with Crippen molar-refractivity contribution in [3.05, 3.63) is 93.8 Å². The largest absolute Gasteiger partial charge is 0.507 e. The fourth-order valence-electron chi connectivity index (χ4n) is 2.99. The lowest BCUT2D eigenvalue weighted by Crippen LogP contribution is -2.24. The highest BCUT2D eigenvalue weighted by atomic mass is 35.5. The van der Waals surface area contributed by atoms with Crippen LogP contribution in [0.5, 0.6) is 5.75 Å². The molecule has 2 aromatic heterocycles. The Hall–Kier alpha value is -3.69. The molecule has 0 atom stereocenters. The van der Waals surface area contributed by atoms with Crippen molar-refractivity contribution >= 4 is 39.8 Å². The molecule has 8 nitrogen and oxygen atoms in total. The third kappa shape index (κ3) is 5.13. The van der Waals surface area contributed by atoms with Crippen molar-refractivity contribution < 1.29 is 14.7 Å². The summed E-state index contributed by atoms with van der Waals surface area (Å²) in [5, 5.41) is 22.0. The number of phenols is 1. The molecule has 10 heteroatoms. The number of hydrogen-bond acceptors (Lipinski definition) is 6. The zero-order valence-electron chi connectivity index (χ0n) is 16.7. The summed E-state index contributed by atoms with van der Waals surface area (Å²) in [5.41, 5.74) is 2.42. The molecule has 3 N–H and O–H groups in total. The number of halogens is 1. The van der Waals surface area contributed by atoms with Gasteiger partial charge in [-0.05, 0) is 40.8 Å². The minimum atomic E-state index is -0.529. The molecule has 0 aliphatic carbocycles. The number of phenolic OH excluding ortho intramolecular Hbond substituents is 1. The minimum absolute atomic E-state index is 0.0696. The van der Waals surface area contributed by atoms with Gasteiger partial charge in [-0.3, -0.25) is 9.59 Å². The molecule has 0 fully saturated rings. The highest BCUT2D eigenvalue weighted by Gasteiger charge is 2.18. The molecule has 0 spiro atoms. The number of thiophene rings is 1. The molecule has 162 valence electrons. The number of hydrogen-bond donors (Lipinski definition) is 3. The Morgan fingerprint density at radius 3 is 2.53 bits per heavy atom. The van der Waals surface area contributed by atoms with Crippen LogP contribution in [0.15, 0.2) is 66.6 Å². The Balaban J connectivity index is 1.36. The Morgan fingerprint density at radius 2 is 1.81 bits per heavy atom. The smallest absolute Gasteiger partial charge is 0.260 e. The van der Waals surface area contributed by atoms with Gasteiger partial charge in [0, 0.05) is 11.6 Å². The van der Waals surface area contributed by atoms with Crippen molar-refractivity contribution in [3.8, 4) is 5.75 Å². The molecule has 32 heavy (non-hydrogen) atoms. The molecule has 0 saturated heterocycles. The molecular formula is C22H18ClN5O3S. The maximum Gasteiger partial charge on any atom is 0.260 e. The SMILES string of the molecule is O=C(Nc1sccc1C(=O)NCc1ccc(Cn2cncn2)cc1)c1ccc(Cl)cc1O. The van der Waals surface area contributed by atoms with Crippen LogP contribution in [-0.4, -0.2) is 31.7 Å². The van der Waals surface area contributed by atoms with E-state index in [0.29, 0.717) is 28.7 Å². The lowest BCUT2D eigenvalue weighted by atomic mass is 10.1. The topological polar surface area (TPSA) is 109 Å². The first-order valence-corrected chi connectivity index (χ1v) is 10.8. The van der Waals surface area contributed by atoms with Crippen LogP contribution < -0.4 is 10.6 Å². The highest BCUT2D eigenvalue weighted by molar-refractivity contribution is 7.14. The summed E-state index contributed by atoms with van der Waals surface area (Å²) < 4.78 is 1.73. The first-order valence-electron chi connectivity index (χ1n) is 9.55. The van der Waals surface area contributed by atoms with E-state index in [1.807, 2.05) is 24.3 Å². The number of carbonyl (C=O) groups is 2. The summed E-state index contributed by atoms with van der Waals surface area (Å²) in [4.78, 5) is 29.1. The molecule has 4 rings (SSSR count). The molecule has 0 radical (unpaired) electrons. The van der Waals surface area contributed by atoms with Crippen molar-refractivity contribution in [1.29, 1.82) is 0 Å². The zero-order chi connectivity index (χ0) is 22.5. The predicted molar refractivity (Wildman–Crippen MR) is 122 cm³/mol. The van der Waals surface area contributed by atoms with E-state index in [-0.39, 0.29) is 17.2 Å². The zero-order valence-corrected chi connectivity index (χ0v) is 18.2. The van der Waals surface area contributed by atoms with E-state index in [1.54, 1.807) is 22.5 Å². The van der Waals surface area contributed by atoms with Gasteiger partial charge in [-0.2, -0.15) is 5.10 Å². The highest BCUT2D eigenvalue weighted by Crippen LogP contribution is 2.27. The van der Waals surface area contributed by atoms with Gasteiger partial charge in [0.25, 0.3) is 11.8 Å². The Morgan fingerprint density at radius 1 is 1.03 bits per heavy atom. The van der Waals surface area contributed by atoms with E-state index in [2.05, 4.69) is 20.7 Å². The number of benzene rings is 2. The molecular weight excluding hydrogens is 450 g/mol. The van der Waals surface area contributed by atoms with Crippen molar-refractivity contribution in [1.82, 2.24) is 20.1 Å². The van der Waals surface area contributed by atoms with E-state index in [9.17, 15) is 14.7 Å². The maximum atomic E-state index is 12.7. The number of nitrogens with one attached hydrogen (secondary N) is 2. The van der Waals surface area contributed by atoms with Crippen LogP contribution in [0.4, 0.5) is 5.00 Å². The van der Waals surface area contributed by atoms with E-state index in [4.69, 9.17) is 11.6 Å². The summed E-state index contributed by atoms with van der Waals surface area (Å²) in [7, 11) is 0. The molecule has 0 saturated carbocycles. The van der Waals surface area contributed by atoms with Gasteiger partial charge in [0.05, 0.1) is 17.7 Å². The van der Waals surface area contributed by atoms with Crippen molar-refractivity contribution in [2.45, 2.75) is 13.1 Å². The van der Waals surface area contributed by atoms with Gasteiger partial charge in [0.1, 0.15) is 23.4 Å². The third-order valence-corrected chi connectivity index (χ3v) is 5.69. The summed E-state index contributed by atoms with van der Waals surface area (Å²) >= 11 is 7.03. The molecule has 2 heterocycles. The van der Waals surface area contributed by atoms with Gasteiger partial charge in [0.2, 0.25) is 0 Å². The van der Waals surface area contributed by atoms with Gasteiger partial charge >= 0.3 is 0 Å². The van der Waals surface area contributed by atoms with Crippen LogP contribution in [0.2, 0.25) is 5.02 Å². The van der Waals surface area contributed by atoms with Crippen LogP contribution in [0, 0.1) is 0 Å². The lowest BCUT2D eigenvalue weighted by molar-refractivity contribution is 0.0952. The average molecular weight is 468 g/mol. The van der Waals surface area contributed by atoms with E-state index in [0.717, 1.165) is 11.1 Å². The number of carbonyl (C=O) groups excluding carboxylic acids is 2. The van der Waals surface area contributed by atoms with Gasteiger partial charge in [0.15, 0.2) is 0 Å². The summed E-state index contributed by atoms with van der Waals surface area (Å²) in [6.07, 6.45) is 3.14. The van der Waals surface area contributed by atoms with Crippen LogP contribution >= 0.6 is 22.9 Å². The number of anilines is 1. The second-order valence-corrected chi connectivity index (χ2v) is 8.22. The molecule has 0 aliphatic rings. The lowest BCUT2D eigenvalue weighted by Gasteiger charge is -2.09. The number of nitrogens with zero attached hydrogens (tertiary/aromatic N) is 3. The van der Waals surface area contributed by atoms with Crippen LogP contribution in [-0.2, 0) is 13.1 Å². The van der Waals surface area contributed by atoms with E-state index >= 15 is 0 Å². The number of aromatic hydroxyl groups is 1. The van der Waals surface area contributed by atoms with E-state index in [1.165, 1.54) is 35.9 Å². The van der Waals surface area contributed by atoms with Gasteiger partial charge < -0.3 is 15.7 Å². The molecule has 2 aromatic carbocycles. The average Bonchev–Trinajstić information content (AvgIpc) is 3.45.